The molecule has 0 aliphatic carbocycles. The minimum absolute atomic E-state index is 0.212. The van der Waals surface area contributed by atoms with Crippen LogP contribution in [0.4, 0.5) is 5.82 Å². The number of rotatable bonds is 3. The number of amides is 1. The van der Waals surface area contributed by atoms with Crippen LogP contribution in [0.15, 0.2) is 42.8 Å². The number of carbonyl (C=O) groups is 1. The fourth-order valence-corrected chi connectivity index (χ4v) is 2.48. The first-order chi connectivity index (χ1) is 11.3. The summed E-state index contributed by atoms with van der Waals surface area (Å²) in [5.74, 6) is 0.998. The molecule has 1 aromatic carbocycles. The van der Waals surface area contributed by atoms with Crippen LogP contribution < -0.4 is 10.8 Å². The largest absolute Gasteiger partial charge is 0.563 e. The highest BCUT2D eigenvalue weighted by Crippen LogP contribution is 2.29. The molecule has 0 saturated carbocycles. The molecule has 0 radical (unpaired) electrons. The number of hydrogen-bond acceptors (Lipinski definition) is 4. The fourth-order valence-electron chi connectivity index (χ4n) is 2.48. The average molecular weight is 325 g/mol. The molecule has 1 aliphatic heterocycles. The second-order valence-electron chi connectivity index (χ2n) is 6.37. The van der Waals surface area contributed by atoms with Gasteiger partial charge in [-0.3, -0.25) is 9.48 Å². The molecule has 0 unspecified atom stereocenters. The maximum absolute atomic E-state index is 12.5. The molecular weight excluding hydrogens is 305 g/mol. The molecule has 0 bridgehead atoms. The molecule has 2 heterocycles. The number of nitrogens with one attached hydrogen (secondary N) is 1. The number of aryl methyl sites for hydroxylation is 2. The highest BCUT2D eigenvalue weighted by atomic mass is 16.7. The standard InChI is InChI=1S/C17H20BN3O3/c1-11-6-7-13(16(22)20-15-8-9-19-21(15)5)10-14(11)18-23-12(2)17(3,4)24-18/h6-10H,2H2,1,3-5H3,(H,20,22). The van der Waals surface area contributed by atoms with Crippen LogP contribution in [0, 0.1) is 6.92 Å². The van der Waals surface area contributed by atoms with E-state index in [0.717, 1.165) is 11.0 Å². The zero-order valence-electron chi connectivity index (χ0n) is 14.3. The second-order valence-corrected chi connectivity index (χ2v) is 6.37. The van der Waals surface area contributed by atoms with Gasteiger partial charge in [0.05, 0.1) is 12.0 Å². The van der Waals surface area contributed by atoms with Crippen molar-refractivity contribution in [1.29, 1.82) is 0 Å². The van der Waals surface area contributed by atoms with E-state index >= 15 is 0 Å². The lowest BCUT2D eigenvalue weighted by atomic mass is 9.75. The number of aromatic nitrogens is 2. The van der Waals surface area contributed by atoms with Crippen LogP contribution >= 0.6 is 0 Å². The predicted molar refractivity (Wildman–Crippen MR) is 93.1 cm³/mol. The number of hydrogen-bond donors (Lipinski definition) is 1. The molecule has 124 valence electrons. The van der Waals surface area contributed by atoms with Crippen LogP contribution in [0.3, 0.4) is 0 Å². The predicted octanol–water partition coefficient (Wildman–Crippen LogP) is 2.02. The summed E-state index contributed by atoms with van der Waals surface area (Å²) in [6, 6.07) is 7.19. The Kier molecular flexibility index (Phi) is 3.97. The third-order valence-corrected chi connectivity index (χ3v) is 4.18. The minimum Gasteiger partial charge on any atom is -0.534 e. The van der Waals surface area contributed by atoms with Crippen LogP contribution in [0.1, 0.15) is 29.8 Å². The van der Waals surface area contributed by atoms with Gasteiger partial charge in [0.1, 0.15) is 11.4 Å². The minimum atomic E-state index is -0.558. The summed E-state index contributed by atoms with van der Waals surface area (Å²) in [7, 11) is 1.21. The van der Waals surface area contributed by atoms with Gasteiger partial charge in [-0.25, -0.2) is 0 Å². The lowest BCUT2D eigenvalue weighted by molar-refractivity contribution is 0.102. The molecule has 1 amide bonds. The SMILES string of the molecule is C=C1OB(c2cc(C(=O)Nc3ccnn3C)ccc2C)OC1(C)C. The van der Waals surface area contributed by atoms with Crippen LogP contribution in [0.2, 0.25) is 0 Å². The topological polar surface area (TPSA) is 65.4 Å². The van der Waals surface area contributed by atoms with Gasteiger partial charge in [0.25, 0.3) is 5.91 Å². The smallest absolute Gasteiger partial charge is 0.534 e. The summed E-state index contributed by atoms with van der Waals surface area (Å²) in [5, 5.41) is 6.87. The van der Waals surface area contributed by atoms with Crippen molar-refractivity contribution in [1.82, 2.24) is 9.78 Å². The lowest BCUT2D eigenvalue weighted by Crippen LogP contribution is -2.36. The van der Waals surface area contributed by atoms with Crippen molar-refractivity contribution >= 4 is 24.3 Å². The fraction of sp³-hybridized carbons (Fsp3) is 0.294. The maximum atomic E-state index is 12.5. The van der Waals surface area contributed by atoms with Crippen LogP contribution in [0.5, 0.6) is 0 Å². The number of carbonyl (C=O) groups excluding carboxylic acids is 1. The summed E-state index contributed by atoms with van der Waals surface area (Å²) < 4.78 is 13.3. The Morgan fingerprint density at radius 3 is 2.71 bits per heavy atom. The second kappa shape index (κ2) is 5.83. The van der Waals surface area contributed by atoms with Gasteiger partial charge in [0.2, 0.25) is 0 Å². The monoisotopic (exact) mass is 325 g/mol. The molecule has 2 aromatic rings. The van der Waals surface area contributed by atoms with Crippen LogP contribution in [-0.4, -0.2) is 28.4 Å². The van der Waals surface area contributed by atoms with Crippen molar-refractivity contribution in [2.24, 2.45) is 7.05 Å². The molecule has 3 rings (SSSR count). The van der Waals surface area contributed by atoms with Gasteiger partial charge in [0.15, 0.2) is 0 Å². The van der Waals surface area contributed by atoms with Crippen LogP contribution in [0.25, 0.3) is 0 Å². The Balaban J connectivity index is 1.85. The average Bonchev–Trinajstić information content (AvgIpc) is 3.03. The summed E-state index contributed by atoms with van der Waals surface area (Å²) in [6.45, 7) is 9.66. The van der Waals surface area contributed by atoms with E-state index < -0.39 is 12.7 Å². The van der Waals surface area contributed by atoms with Crippen molar-refractivity contribution < 1.29 is 14.1 Å². The first-order valence-corrected chi connectivity index (χ1v) is 7.72. The third kappa shape index (κ3) is 2.95. The zero-order chi connectivity index (χ0) is 17.5. The van der Waals surface area contributed by atoms with E-state index in [4.69, 9.17) is 9.31 Å². The molecule has 1 aromatic heterocycles. The molecular formula is C17H20BN3O3. The van der Waals surface area contributed by atoms with Gasteiger partial charge in [-0.1, -0.05) is 18.2 Å². The van der Waals surface area contributed by atoms with Crippen molar-refractivity contribution in [3.05, 3.63) is 53.9 Å². The summed E-state index contributed by atoms with van der Waals surface area (Å²) in [6.07, 6.45) is 1.63. The zero-order valence-corrected chi connectivity index (χ0v) is 14.3. The van der Waals surface area contributed by atoms with E-state index in [1.165, 1.54) is 0 Å². The number of nitrogens with zero attached hydrogens (tertiary/aromatic N) is 2. The number of benzene rings is 1. The lowest BCUT2D eigenvalue weighted by Gasteiger charge is -2.16. The van der Waals surface area contributed by atoms with Crippen molar-refractivity contribution in [3.63, 3.8) is 0 Å². The van der Waals surface area contributed by atoms with Gasteiger partial charge in [-0.05, 0) is 32.9 Å². The van der Waals surface area contributed by atoms with Crippen molar-refractivity contribution in [2.75, 3.05) is 5.32 Å². The summed E-state index contributed by atoms with van der Waals surface area (Å²) in [4.78, 5) is 12.5. The summed E-state index contributed by atoms with van der Waals surface area (Å²) in [5.41, 5.74) is 1.78. The first-order valence-electron chi connectivity index (χ1n) is 7.72. The molecule has 1 fully saturated rings. The molecule has 0 atom stereocenters. The van der Waals surface area contributed by atoms with E-state index in [1.54, 1.807) is 36.1 Å². The molecule has 1 aliphatic rings. The van der Waals surface area contributed by atoms with Gasteiger partial charge in [-0.2, -0.15) is 5.10 Å². The Bertz CT molecular complexity index is 813. The first kappa shape index (κ1) is 16.3. The molecule has 1 N–H and O–H groups in total. The van der Waals surface area contributed by atoms with E-state index in [9.17, 15) is 4.79 Å². The summed E-state index contributed by atoms with van der Waals surface area (Å²) >= 11 is 0. The van der Waals surface area contributed by atoms with Crippen molar-refractivity contribution in [3.8, 4) is 0 Å². The van der Waals surface area contributed by atoms with E-state index in [1.807, 2.05) is 26.8 Å². The van der Waals surface area contributed by atoms with E-state index in [2.05, 4.69) is 17.0 Å². The molecule has 1 saturated heterocycles. The van der Waals surface area contributed by atoms with Gasteiger partial charge >= 0.3 is 7.12 Å². The van der Waals surface area contributed by atoms with Crippen molar-refractivity contribution in [2.45, 2.75) is 26.4 Å². The Morgan fingerprint density at radius 2 is 2.12 bits per heavy atom. The maximum Gasteiger partial charge on any atom is 0.563 e. The molecule has 7 heteroatoms. The van der Waals surface area contributed by atoms with Gasteiger partial charge in [-0.15, -0.1) is 0 Å². The van der Waals surface area contributed by atoms with Gasteiger partial charge in [0, 0.05) is 24.1 Å². The highest BCUT2D eigenvalue weighted by molar-refractivity contribution is 6.63. The Morgan fingerprint density at radius 1 is 1.38 bits per heavy atom. The van der Waals surface area contributed by atoms with E-state index in [0.29, 0.717) is 17.1 Å². The Labute approximate surface area is 141 Å². The van der Waals surface area contributed by atoms with Crippen LogP contribution in [-0.2, 0) is 16.4 Å². The quantitative estimate of drug-likeness (QED) is 0.877. The van der Waals surface area contributed by atoms with E-state index in [-0.39, 0.29) is 5.91 Å². The Hall–Kier alpha value is -2.54. The molecule has 0 spiro atoms. The normalized spacial score (nSPS) is 16.2. The molecule has 24 heavy (non-hydrogen) atoms. The van der Waals surface area contributed by atoms with Gasteiger partial charge < -0.3 is 14.6 Å². The highest BCUT2D eigenvalue weighted by Gasteiger charge is 2.43. The molecule has 6 nitrogen and oxygen atoms in total. The number of anilines is 1. The third-order valence-electron chi connectivity index (χ3n) is 4.18.